The van der Waals surface area contributed by atoms with Crippen LogP contribution in [-0.2, 0) is 0 Å². The van der Waals surface area contributed by atoms with Gasteiger partial charge in [-0.1, -0.05) is 6.08 Å². The second-order valence-corrected chi connectivity index (χ2v) is 6.48. The zero-order valence-electron chi connectivity index (χ0n) is 15.5. The number of hydrogen-bond acceptors (Lipinski definition) is 5. The Labute approximate surface area is 153 Å². The van der Waals surface area contributed by atoms with Crippen molar-refractivity contribution in [1.82, 2.24) is 9.97 Å². The maximum atomic E-state index is 12.2. The summed E-state index contributed by atoms with van der Waals surface area (Å²) in [7, 11) is 0. The van der Waals surface area contributed by atoms with E-state index in [1.165, 1.54) is 0 Å². The van der Waals surface area contributed by atoms with Gasteiger partial charge in [0.1, 0.15) is 0 Å². The maximum absolute atomic E-state index is 12.2. The van der Waals surface area contributed by atoms with Gasteiger partial charge in [-0.05, 0) is 51.1 Å². The van der Waals surface area contributed by atoms with Crippen molar-refractivity contribution in [3.8, 4) is 0 Å². The average Bonchev–Trinajstić information content (AvgIpc) is 2.65. The molecular weight excluding hydrogens is 328 g/mol. The Morgan fingerprint density at radius 3 is 2.31 bits per heavy atom. The molecule has 0 atom stereocenters. The van der Waals surface area contributed by atoms with Crippen LogP contribution in [-0.4, -0.2) is 41.9 Å². The minimum absolute atomic E-state index is 0.0766. The van der Waals surface area contributed by atoms with E-state index >= 15 is 0 Å². The third-order valence-corrected chi connectivity index (χ3v) is 4.72. The average molecular weight is 352 g/mol. The molecule has 1 saturated heterocycles. The largest absolute Gasteiger partial charge is 0.368 e. The van der Waals surface area contributed by atoms with Crippen molar-refractivity contribution >= 4 is 23.5 Å². The fraction of sp³-hybridized carbons (Fsp3) is 0.350. The number of piperazine rings is 1. The van der Waals surface area contributed by atoms with Crippen LogP contribution in [0.1, 0.15) is 35.5 Å². The Hall–Kier alpha value is -2.89. The molecule has 1 aromatic heterocycles. The molecule has 2 heterocycles. The number of benzene rings is 1. The van der Waals surface area contributed by atoms with Gasteiger partial charge in [-0.2, -0.15) is 0 Å². The summed E-state index contributed by atoms with van der Waals surface area (Å²) >= 11 is 0. The fourth-order valence-electron chi connectivity index (χ4n) is 3.09. The third kappa shape index (κ3) is 3.69. The zero-order chi connectivity index (χ0) is 18.7. The Kier molecular flexibility index (Phi) is 5.21. The highest BCUT2D eigenvalue weighted by Gasteiger charge is 2.20. The van der Waals surface area contributed by atoms with Gasteiger partial charge in [0, 0.05) is 43.0 Å². The Morgan fingerprint density at radius 1 is 1.12 bits per heavy atom. The summed E-state index contributed by atoms with van der Waals surface area (Å²) in [6.45, 7) is 8.48. The molecule has 26 heavy (non-hydrogen) atoms. The van der Waals surface area contributed by atoms with Crippen LogP contribution in [0.3, 0.4) is 0 Å². The Bertz CT molecular complexity index is 876. The molecule has 136 valence electrons. The number of ketones is 1. The number of H-pyrrole nitrogens is 1. The molecule has 1 aliphatic rings. The van der Waals surface area contributed by atoms with E-state index in [4.69, 9.17) is 0 Å². The van der Waals surface area contributed by atoms with Crippen molar-refractivity contribution in [3.63, 3.8) is 0 Å². The number of hydrogen-bond donors (Lipinski definition) is 1. The lowest BCUT2D eigenvalue weighted by molar-refractivity contribution is 0.101. The number of carbonyl (C=O) groups is 1. The van der Waals surface area contributed by atoms with Crippen molar-refractivity contribution in [2.75, 3.05) is 36.0 Å². The van der Waals surface area contributed by atoms with Crippen molar-refractivity contribution < 1.29 is 4.79 Å². The number of carbonyl (C=O) groups excluding carboxylic acids is 1. The van der Waals surface area contributed by atoms with Crippen molar-refractivity contribution in [1.29, 1.82) is 0 Å². The maximum Gasteiger partial charge on any atom is 0.255 e. The number of rotatable bonds is 4. The fourth-order valence-corrected chi connectivity index (χ4v) is 3.09. The van der Waals surface area contributed by atoms with E-state index in [-0.39, 0.29) is 11.3 Å². The molecule has 2 aromatic rings. The number of aromatic amines is 1. The second kappa shape index (κ2) is 7.56. The lowest BCUT2D eigenvalue weighted by atomic mass is 10.1. The number of nitrogens with zero attached hydrogens (tertiary/aromatic N) is 3. The van der Waals surface area contributed by atoms with Gasteiger partial charge < -0.3 is 9.80 Å². The predicted octanol–water partition coefficient (Wildman–Crippen LogP) is 2.64. The molecule has 6 nitrogen and oxygen atoms in total. The van der Waals surface area contributed by atoms with Gasteiger partial charge in [-0.3, -0.25) is 14.6 Å². The van der Waals surface area contributed by atoms with E-state index in [9.17, 15) is 9.59 Å². The molecule has 0 saturated carbocycles. The molecule has 0 bridgehead atoms. The minimum Gasteiger partial charge on any atom is -0.368 e. The lowest BCUT2D eigenvalue weighted by Crippen LogP contribution is -2.47. The molecule has 0 spiro atoms. The smallest absolute Gasteiger partial charge is 0.255 e. The van der Waals surface area contributed by atoms with Gasteiger partial charge in [0.05, 0.1) is 5.69 Å². The highest BCUT2D eigenvalue weighted by Crippen LogP contribution is 2.19. The van der Waals surface area contributed by atoms with Crippen molar-refractivity contribution in [3.05, 3.63) is 57.5 Å². The first kappa shape index (κ1) is 17.9. The van der Waals surface area contributed by atoms with Crippen LogP contribution in [0.5, 0.6) is 0 Å². The van der Waals surface area contributed by atoms with Crippen LogP contribution < -0.4 is 15.4 Å². The van der Waals surface area contributed by atoms with Gasteiger partial charge in [0.2, 0.25) is 5.95 Å². The minimum atomic E-state index is -0.0923. The van der Waals surface area contributed by atoms with Gasteiger partial charge in [0.25, 0.3) is 5.56 Å². The molecule has 3 rings (SSSR count). The molecule has 0 amide bonds. The first-order chi connectivity index (χ1) is 12.5. The molecular formula is C20H24N4O2. The summed E-state index contributed by atoms with van der Waals surface area (Å²) in [5.41, 5.74) is 3.09. The van der Waals surface area contributed by atoms with Gasteiger partial charge in [-0.15, -0.1) is 0 Å². The van der Waals surface area contributed by atoms with Crippen LogP contribution >= 0.6 is 0 Å². The first-order valence-corrected chi connectivity index (χ1v) is 8.84. The normalized spacial score (nSPS) is 14.9. The van der Waals surface area contributed by atoms with Crippen LogP contribution in [0.25, 0.3) is 6.08 Å². The van der Waals surface area contributed by atoms with Gasteiger partial charge in [0.15, 0.2) is 5.78 Å². The summed E-state index contributed by atoms with van der Waals surface area (Å²) in [5, 5.41) is 0. The monoisotopic (exact) mass is 352 g/mol. The van der Waals surface area contributed by atoms with E-state index in [0.717, 1.165) is 37.4 Å². The quantitative estimate of drug-likeness (QED) is 0.857. The molecule has 6 heteroatoms. The predicted molar refractivity (Wildman–Crippen MR) is 105 cm³/mol. The SMILES string of the molecule is C/C=C\c1nc(N2CCN(c3ccc(C(C)=O)cc3)CC2)[nH]c(=O)c1C. The van der Waals surface area contributed by atoms with Gasteiger partial charge >= 0.3 is 0 Å². The third-order valence-electron chi connectivity index (χ3n) is 4.72. The van der Waals surface area contributed by atoms with E-state index in [2.05, 4.69) is 19.8 Å². The standard InChI is InChI=1S/C20H24N4O2/c1-4-5-18-14(2)19(26)22-20(21-18)24-12-10-23(11-13-24)17-8-6-16(7-9-17)15(3)25/h4-9H,10-13H2,1-3H3,(H,21,22,26)/b5-4-. The number of allylic oxidation sites excluding steroid dienone is 1. The summed E-state index contributed by atoms with van der Waals surface area (Å²) < 4.78 is 0. The van der Waals surface area contributed by atoms with E-state index in [0.29, 0.717) is 17.2 Å². The van der Waals surface area contributed by atoms with Gasteiger partial charge in [-0.25, -0.2) is 4.98 Å². The Morgan fingerprint density at radius 2 is 1.73 bits per heavy atom. The Balaban J connectivity index is 1.72. The summed E-state index contributed by atoms with van der Waals surface area (Å²) in [6.07, 6.45) is 3.75. The second-order valence-electron chi connectivity index (χ2n) is 6.48. The first-order valence-electron chi connectivity index (χ1n) is 8.84. The highest BCUT2D eigenvalue weighted by molar-refractivity contribution is 5.94. The number of aromatic nitrogens is 2. The molecule has 1 aromatic carbocycles. The van der Waals surface area contributed by atoms with Crippen LogP contribution in [0.4, 0.5) is 11.6 Å². The number of anilines is 2. The highest BCUT2D eigenvalue weighted by atomic mass is 16.1. The van der Waals surface area contributed by atoms with Crippen LogP contribution in [0.2, 0.25) is 0 Å². The summed E-state index contributed by atoms with van der Waals surface area (Å²) in [6, 6.07) is 7.71. The lowest BCUT2D eigenvalue weighted by Gasteiger charge is -2.36. The zero-order valence-corrected chi connectivity index (χ0v) is 15.5. The molecule has 0 aliphatic carbocycles. The molecule has 0 radical (unpaired) electrons. The van der Waals surface area contributed by atoms with E-state index in [1.807, 2.05) is 43.3 Å². The van der Waals surface area contributed by atoms with Crippen LogP contribution in [0.15, 0.2) is 35.1 Å². The summed E-state index contributed by atoms with van der Waals surface area (Å²) in [5.74, 6) is 0.702. The van der Waals surface area contributed by atoms with Crippen molar-refractivity contribution in [2.24, 2.45) is 0 Å². The molecule has 1 aliphatic heterocycles. The van der Waals surface area contributed by atoms with Crippen molar-refractivity contribution in [2.45, 2.75) is 20.8 Å². The van der Waals surface area contributed by atoms with E-state index < -0.39 is 0 Å². The molecule has 1 N–H and O–H groups in total. The van der Waals surface area contributed by atoms with E-state index in [1.54, 1.807) is 13.8 Å². The molecule has 1 fully saturated rings. The van der Waals surface area contributed by atoms with Crippen LogP contribution in [0, 0.1) is 6.92 Å². The number of nitrogens with one attached hydrogen (secondary N) is 1. The summed E-state index contributed by atoms with van der Waals surface area (Å²) in [4.78, 5) is 35.4. The molecule has 0 unspecified atom stereocenters. The topological polar surface area (TPSA) is 69.3 Å². The number of Topliss-reactive ketones (excluding diaryl/α,β-unsaturated/α-hetero) is 1.